The van der Waals surface area contributed by atoms with Crippen molar-refractivity contribution in [2.24, 2.45) is 5.73 Å². The summed E-state index contributed by atoms with van der Waals surface area (Å²) in [5.41, 5.74) is 5.98. The van der Waals surface area contributed by atoms with Crippen LogP contribution in [0.1, 0.15) is 64.7 Å². The second-order valence-corrected chi connectivity index (χ2v) is 6.05. The summed E-state index contributed by atoms with van der Waals surface area (Å²) in [5.74, 6) is 0. The third-order valence-electron chi connectivity index (χ3n) is 4.47. The number of rotatable bonds is 7. The Kier molecular flexibility index (Phi) is 7.30. The average Bonchev–Trinajstić information content (AvgIpc) is 2.62. The van der Waals surface area contributed by atoms with Crippen LogP contribution in [-0.4, -0.2) is 36.2 Å². The van der Waals surface area contributed by atoms with Crippen LogP contribution in [0, 0.1) is 0 Å². The van der Waals surface area contributed by atoms with E-state index in [1.165, 1.54) is 12.8 Å². The maximum absolute atomic E-state index is 12.3. The van der Waals surface area contributed by atoms with Crippen LogP contribution < -0.4 is 5.73 Å². The van der Waals surface area contributed by atoms with Gasteiger partial charge in [0.05, 0.1) is 0 Å². The Hall–Kier alpha value is -0.290. The first kappa shape index (κ1) is 17.8. The molecule has 1 saturated carbocycles. The first-order valence-electron chi connectivity index (χ1n) is 7.95. The van der Waals surface area contributed by atoms with Gasteiger partial charge in [0.2, 0.25) is 0 Å². The minimum atomic E-state index is -4.04. The van der Waals surface area contributed by atoms with Gasteiger partial charge >= 0.3 is 6.18 Å². The van der Waals surface area contributed by atoms with E-state index in [1.54, 1.807) is 0 Å². The zero-order valence-corrected chi connectivity index (χ0v) is 12.6. The van der Waals surface area contributed by atoms with E-state index in [0.717, 1.165) is 38.6 Å². The van der Waals surface area contributed by atoms with E-state index < -0.39 is 12.6 Å². The molecule has 0 aliphatic heterocycles. The van der Waals surface area contributed by atoms with Crippen molar-refractivity contribution < 1.29 is 13.2 Å². The number of hydrogen-bond acceptors (Lipinski definition) is 2. The van der Waals surface area contributed by atoms with Gasteiger partial charge in [-0.1, -0.05) is 32.6 Å². The van der Waals surface area contributed by atoms with Crippen LogP contribution in [0.25, 0.3) is 0 Å². The summed E-state index contributed by atoms with van der Waals surface area (Å²) in [6.07, 6.45) is 3.25. The Morgan fingerprint density at radius 1 is 1.05 bits per heavy atom. The third kappa shape index (κ3) is 5.60. The molecule has 2 nitrogen and oxygen atoms in total. The molecule has 5 heteroatoms. The summed E-state index contributed by atoms with van der Waals surface area (Å²) in [4.78, 5) is 2.25. The molecule has 1 rings (SSSR count). The van der Waals surface area contributed by atoms with Crippen LogP contribution in [0.2, 0.25) is 0 Å². The highest BCUT2D eigenvalue weighted by Crippen LogP contribution is 2.33. The Morgan fingerprint density at radius 2 is 1.65 bits per heavy atom. The standard InChI is InChI=1S/C15H29F3N2/c1-2-11-20(12-7-10-15(16,17)18)14(13-19)8-5-3-4-6-9-14/h2-13,19H2,1H3. The van der Waals surface area contributed by atoms with E-state index in [9.17, 15) is 13.2 Å². The van der Waals surface area contributed by atoms with E-state index in [2.05, 4.69) is 11.8 Å². The minimum absolute atomic E-state index is 0.0574. The fraction of sp³-hybridized carbons (Fsp3) is 1.00. The van der Waals surface area contributed by atoms with Crippen LogP contribution in [0.15, 0.2) is 0 Å². The van der Waals surface area contributed by atoms with Gasteiger partial charge < -0.3 is 5.73 Å². The maximum Gasteiger partial charge on any atom is 0.389 e. The van der Waals surface area contributed by atoms with Crippen molar-refractivity contribution in [2.75, 3.05) is 19.6 Å². The van der Waals surface area contributed by atoms with Gasteiger partial charge in [0, 0.05) is 18.5 Å². The van der Waals surface area contributed by atoms with Crippen molar-refractivity contribution in [1.29, 1.82) is 0 Å². The number of hydrogen-bond donors (Lipinski definition) is 1. The molecule has 1 aliphatic rings. The number of nitrogens with zero attached hydrogens (tertiary/aromatic N) is 1. The van der Waals surface area contributed by atoms with E-state index in [0.29, 0.717) is 13.1 Å². The normalized spacial score (nSPS) is 20.1. The van der Waals surface area contributed by atoms with Crippen molar-refractivity contribution in [3.63, 3.8) is 0 Å². The van der Waals surface area contributed by atoms with Gasteiger partial charge in [-0.25, -0.2) is 0 Å². The molecule has 20 heavy (non-hydrogen) atoms. The van der Waals surface area contributed by atoms with E-state index in [1.807, 2.05) is 0 Å². The molecule has 0 aromatic rings. The Morgan fingerprint density at radius 3 is 2.10 bits per heavy atom. The van der Waals surface area contributed by atoms with Gasteiger partial charge in [-0.2, -0.15) is 13.2 Å². The zero-order chi connectivity index (χ0) is 15.1. The number of halogens is 3. The molecule has 0 atom stereocenters. The fourth-order valence-corrected chi connectivity index (χ4v) is 3.36. The fourth-order valence-electron chi connectivity index (χ4n) is 3.36. The summed E-state index contributed by atoms with van der Waals surface area (Å²) >= 11 is 0. The molecule has 120 valence electrons. The van der Waals surface area contributed by atoms with Gasteiger partial charge in [0.25, 0.3) is 0 Å². The monoisotopic (exact) mass is 294 g/mol. The first-order chi connectivity index (χ1) is 9.43. The molecule has 1 fully saturated rings. The Balaban J connectivity index is 2.64. The van der Waals surface area contributed by atoms with Crippen LogP contribution >= 0.6 is 0 Å². The van der Waals surface area contributed by atoms with Crippen LogP contribution in [-0.2, 0) is 0 Å². The summed E-state index contributed by atoms with van der Waals surface area (Å²) in [7, 11) is 0. The lowest BCUT2D eigenvalue weighted by atomic mass is 9.87. The van der Waals surface area contributed by atoms with Crippen molar-refractivity contribution >= 4 is 0 Å². The number of nitrogens with two attached hydrogens (primary N) is 1. The Bertz CT molecular complexity index is 258. The van der Waals surface area contributed by atoms with Crippen molar-refractivity contribution in [3.8, 4) is 0 Å². The molecule has 0 heterocycles. The van der Waals surface area contributed by atoms with E-state index in [-0.39, 0.29) is 12.0 Å². The predicted octanol–water partition coefficient (Wildman–Crippen LogP) is 4.09. The van der Waals surface area contributed by atoms with Crippen LogP contribution in [0.5, 0.6) is 0 Å². The van der Waals surface area contributed by atoms with Gasteiger partial charge in [-0.3, -0.25) is 4.90 Å². The van der Waals surface area contributed by atoms with Gasteiger partial charge in [-0.15, -0.1) is 0 Å². The molecule has 0 bridgehead atoms. The lowest BCUT2D eigenvalue weighted by Gasteiger charge is -2.43. The summed E-state index contributed by atoms with van der Waals surface area (Å²) < 4.78 is 37.0. The first-order valence-corrected chi connectivity index (χ1v) is 7.95. The van der Waals surface area contributed by atoms with Crippen LogP contribution in [0.4, 0.5) is 13.2 Å². The molecule has 2 N–H and O–H groups in total. The maximum atomic E-state index is 12.3. The second-order valence-electron chi connectivity index (χ2n) is 6.05. The van der Waals surface area contributed by atoms with E-state index in [4.69, 9.17) is 5.73 Å². The molecule has 0 radical (unpaired) electrons. The minimum Gasteiger partial charge on any atom is -0.329 e. The van der Waals surface area contributed by atoms with Gasteiger partial charge in [0.15, 0.2) is 0 Å². The largest absolute Gasteiger partial charge is 0.389 e. The molecule has 0 aromatic heterocycles. The van der Waals surface area contributed by atoms with Crippen molar-refractivity contribution in [2.45, 2.75) is 76.4 Å². The average molecular weight is 294 g/mol. The lowest BCUT2D eigenvalue weighted by molar-refractivity contribution is -0.137. The molecule has 0 unspecified atom stereocenters. The summed E-state index contributed by atoms with van der Waals surface area (Å²) in [6.45, 7) is 4.02. The molecule has 0 spiro atoms. The zero-order valence-electron chi connectivity index (χ0n) is 12.6. The van der Waals surface area contributed by atoms with Gasteiger partial charge in [-0.05, 0) is 38.8 Å². The molecule has 0 amide bonds. The topological polar surface area (TPSA) is 29.3 Å². The highest BCUT2D eigenvalue weighted by molar-refractivity contribution is 4.93. The molecule has 0 saturated heterocycles. The molecule has 1 aliphatic carbocycles. The summed E-state index contributed by atoms with van der Waals surface area (Å²) in [5, 5.41) is 0. The van der Waals surface area contributed by atoms with Crippen LogP contribution in [0.3, 0.4) is 0 Å². The third-order valence-corrected chi connectivity index (χ3v) is 4.47. The molecular weight excluding hydrogens is 265 g/mol. The number of alkyl halides is 3. The van der Waals surface area contributed by atoms with Gasteiger partial charge in [0.1, 0.15) is 0 Å². The molecule has 0 aromatic carbocycles. The van der Waals surface area contributed by atoms with Crippen molar-refractivity contribution in [3.05, 3.63) is 0 Å². The summed E-state index contributed by atoms with van der Waals surface area (Å²) in [6, 6.07) is 0. The van der Waals surface area contributed by atoms with E-state index >= 15 is 0 Å². The highest BCUT2D eigenvalue weighted by Gasteiger charge is 2.36. The SMILES string of the molecule is CCCN(CCCC(F)(F)F)C1(CN)CCCCCC1. The predicted molar refractivity (Wildman–Crippen MR) is 76.6 cm³/mol. The van der Waals surface area contributed by atoms with Crippen molar-refractivity contribution in [1.82, 2.24) is 4.90 Å². The second kappa shape index (κ2) is 8.23. The smallest absolute Gasteiger partial charge is 0.329 e. The highest BCUT2D eigenvalue weighted by atomic mass is 19.4. The lowest BCUT2D eigenvalue weighted by Crippen LogP contribution is -2.54. The Labute approximate surface area is 120 Å². The quantitative estimate of drug-likeness (QED) is 0.716. The molecular formula is C15H29F3N2.